The minimum absolute atomic E-state index is 0.0429. The van der Waals surface area contributed by atoms with Crippen molar-refractivity contribution >= 4 is 50.6 Å². The lowest BCUT2D eigenvalue weighted by molar-refractivity contribution is -0.384. The van der Waals surface area contributed by atoms with Crippen molar-refractivity contribution in [2.75, 3.05) is 6.61 Å². The first-order valence-corrected chi connectivity index (χ1v) is 11.4. The van der Waals surface area contributed by atoms with Gasteiger partial charge in [0.25, 0.3) is 16.8 Å². The van der Waals surface area contributed by atoms with Gasteiger partial charge in [-0.15, -0.1) is 0 Å². The minimum Gasteiger partial charge on any atom is -0.490 e. The van der Waals surface area contributed by atoms with Crippen molar-refractivity contribution in [1.29, 1.82) is 0 Å². The summed E-state index contributed by atoms with van der Waals surface area (Å²) < 4.78 is 12.2. The van der Waals surface area contributed by atoms with Gasteiger partial charge in [-0.3, -0.25) is 24.6 Å². The van der Waals surface area contributed by atoms with Gasteiger partial charge in [-0.1, -0.05) is 12.1 Å². The second-order valence-electron chi connectivity index (χ2n) is 7.12. The van der Waals surface area contributed by atoms with E-state index in [1.165, 1.54) is 18.2 Å². The Balaban J connectivity index is 1.87. The summed E-state index contributed by atoms with van der Waals surface area (Å²) in [5.74, 6) is 0.638. The highest BCUT2D eigenvalue weighted by atomic mass is 79.9. The summed E-state index contributed by atoms with van der Waals surface area (Å²) in [5.41, 5.74) is 1.07. The molecular weight excluding hydrogens is 500 g/mol. The second kappa shape index (κ2) is 10.2. The van der Waals surface area contributed by atoms with E-state index >= 15 is 0 Å². The molecule has 0 aromatic heterocycles. The number of rotatable bonds is 8. The molecule has 1 aliphatic rings. The van der Waals surface area contributed by atoms with E-state index in [1.807, 2.05) is 20.8 Å². The van der Waals surface area contributed by atoms with Gasteiger partial charge < -0.3 is 9.47 Å². The Hall–Kier alpha value is -2.85. The molecule has 10 heteroatoms. The molecule has 0 atom stereocenters. The van der Waals surface area contributed by atoms with Crippen molar-refractivity contribution in [2.45, 2.75) is 33.4 Å². The fraction of sp³-hybridized carbons (Fsp3) is 0.273. The van der Waals surface area contributed by atoms with Gasteiger partial charge in [0.1, 0.15) is 0 Å². The maximum atomic E-state index is 12.9. The first kappa shape index (κ1) is 23.8. The van der Waals surface area contributed by atoms with Crippen LogP contribution in [0.4, 0.5) is 10.5 Å². The number of ether oxygens (including phenoxy) is 2. The smallest absolute Gasteiger partial charge is 0.293 e. The molecule has 1 fully saturated rings. The predicted octanol–water partition coefficient (Wildman–Crippen LogP) is 5.78. The number of nitrogens with zero attached hydrogens (tertiary/aromatic N) is 2. The van der Waals surface area contributed by atoms with Crippen LogP contribution in [0, 0.1) is 10.1 Å². The molecule has 0 unspecified atom stereocenters. The van der Waals surface area contributed by atoms with Crippen LogP contribution >= 0.6 is 27.7 Å². The topological polar surface area (TPSA) is 99.0 Å². The second-order valence-corrected chi connectivity index (χ2v) is 8.97. The Bertz CT molecular complexity index is 1100. The van der Waals surface area contributed by atoms with E-state index in [1.54, 1.807) is 24.3 Å². The van der Waals surface area contributed by atoms with Crippen molar-refractivity contribution in [3.63, 3.8) is 0 Å². The van der Waals surface area contributed by atoms with Crippen LogP contribution in [0.1, 0.15) is 31.9 Å². The van der Waals surface area contributed by atoms with Gasteiger partial charge in [0.05, 0.1) is 33.6 Å². The standard InChI is InChI=1S/C22H21BrN2O6S/c1-4-30-18-10-15(9-17(23)20(18)31-13(2)3)11-19-21(26)24(22(27)32-19)12-14-6-5-7-16(8-14)25(28)29/h5-11,13H,4,12H2,1-3H3. The molecular formula is C22H21BrN2O6S. The fourth-order valence-electron chi connectivity index (χ4n) is 3.02. The molecule has 0 N–H and O–H groups in total. The molecule has 2 aromatic carbocycles. The summed E-state index contributed by atoms with van der Waals surface area (Å²) in [7, 11) is 0. The molecule has 8 nitrogen and oxygen atoms in total. The van der Waals surface area contributed by atoms with Gasteiger partial charge in [0, 0.05) is 12.1 Å². The molecule has 1 aliphatic heterocycles. The van der Waals surface area contributed by atoms with Crippen LogP contribution in [0.15, 0.2) is 45.8 Å². The van der Waals surface area contributed by atoms with Gasteiger partial charge in [-0.2, -0.15) is 0 Å². The molecule has 0 bridgehead atoms. The van der Waals surface area contributed by atoms with Crippen molar-refractivity contribution in [3.05, 3.63) is 67.0 Å². The number of non-ortho nitro benzene ring substituents is 1. The van der Waals surface area contributed by atoms with E-state index in [4.69, 9.17) is 9.47 Å². The van der Waals surface area contributed by atoms with Crippen LogP contribution in [0.3, 0.4) is 0 Å². The van der Waals surface area contributed by atoms with Gasteiger partial charge >= 0.3 is 0 Å². The highest BCUT2D eigenvalue weighted by Gasteiger charge is 2.35. The quantitative estimate of drug-likeness (QED) is 0.247. The minimum atomic E-state index is -0.516. The van der Waals surface area contributed by atoms with Gasteiger partial charge in [0.2, 0.25) is 0 Å². The van der Waals surface area contributed by atoms with E-state index in [9.17, 15) is 19.7 Å². The van der Waals surface area contributed by atoms with Crippen LogP contribution in [-0.4, -0.2) is 33.7 Å². The number of halogens is 1. The Morgan fingerprint density at radius 3 is 2.66 bits per heavy atom. The summed E-state index contributed by atoms with van der Waals surface area (Å²) in [6, 6.07) is 9.41. The Labute approximate surface area is 197 Å². The molecule has 2 amide bonds. The molecule has 0 saturated carbocycles. The van der Waals surface area contributed by atoms with Crippen molar-refractivity contribution in [3.8, 4) is 11.5 Å². The average Bonchev–Trinajstić information content (AvgIpc) is 2.98. The Kier molecular flexibility index (Phi) is 7.57. The lowest BCUT2D eigenvalue weighted by Crippen LogP contribution is -2.27. The Morgan fingerprint density at radius 2 is 2.00 bits per heavy atom. The zero-order valence-electron chi connectivity index (χ0n) is 17.7. The first-order valence-electron chi connectivity index (χ1n) is 9.81. The number of hydrogen-bond acceptors (Lipinski definition) is 7. The maximum absolute atomic E-state index is 12.9. The SMILES string of the molecule is CCOc1cc(C=C2SC(=O)N(Cc3cccc([N+](=O)[O-])c3)C2=O)cc(Br)c1OC(C)C. The predicted molar refractivity (Wildman–Crippen MR) is 126 cm³/mol. The average molecular weight is 521 g/mol. The number of nitro groups is 1. The largest absolute Gasteiger partial charge is 0.490 e. The zero-order valence-corrected chi connectivity index (χ0v) is 20.1. The van der Waals surface area contributed by atoms with E-state index in [0.29, 0.717) is 33.7 Å². The third kappa shape index (κ3) is 5.49. The van der Waals surface area contributed by atoms with E-state index < -0.39 is 16.1 Å². The summed E-state index contributed by atoms with van der Waals surface area (Å²) in [4.78, 5) is 37.1. The number of carbonyl (C=O) groups excluding carboxylic acids is 2. The Morgan fingerprint density at radius 1 is 1.25 bits per heavy atom. The molecule has 3 rings (SSSR count). The number of nitro benzene ring substituents is 1. The van der Waals surface area contributed by atoms with E-state index in [-0.39, 0.29) is 23.2 Å². The summed E-state index contributed by atoms with van der Waals surface area (Å²) in [6.45, 7) is 6.07. The number of hydrogen-bond donors (Lipinski definition) is 0. The maximum Gasteiger partial charge on any atom is 0.293 e. The number of amides is 2. The monoisotopic (exact) mass is 520 g/mol. The molecule has 0 spiro atoms. The van der Waals surface area contributed by atoms with E-state index in [2.05, 4.69) is 15.9 Å². The van der Waals surface area contributed by atoms with Crippen LogP contribution < -0.4 is 9.47 Å². The van der Waals surface area contributed by atoms with Gasteiger partial charge in [0.15, 0.2) is 11.5 Å². The molecule has 168 valence electrons. The number of imide groups is 1. The molecule has 0 aliphatic carbocycles. The number of thioether (sulfide) groups is 1. The summed E-state index contributed by atoms with van der Waals surface area (Å²) in [5, 5.41) is 10.5. The van der Waals surface area contributed by atoms with Crippen LogP contribution in [0.5, 0.6) is 11.5 Å². The van der Waals surface area contributed by atoms with Crippen LogP contribution in [0.2, 0.25) is 0 Å². The third-order valence-corrected chi connectivity index (χ3v) is 5.82. The normalized spacial score (nSPS) is 15.0. The van der Waals surface area contributed by atoms with Crippen molar-refractivity contribution in [2.24, 2.45) is 0 Å². The number of carbonyl (C=O) groups is 2. The van der Waals surface area contributed by atoms with Crippen LogP contribution in [0.25, 0.3) is 6.08 Å². The highest BCUT2D eigenvalue weighted by Crippen LogP contribution is 2.40. The van der Waals surface area contributed by atoms with Crippen molar-refractivity contribution < 1.29 is 24.0 Å². The molecule has 1 heterocycles. The summed E-state index contributed by atoms with van der Waals surface area (Å²) in [6.07, 6.45) is 1.56. The van der Waals surface area contributed by atoms with Crippen LogP contribution in [-0.2, 0) is 11.3 Å². The lowest BCUT2D eigenvalue weighted by atomic mass is 10.1. The molecule has 32 heavy (non-hydrogen) atoms. The first-order chi connectivity index (χ1) is 15.2. The van der Waals surface area contributed by atoms with Gasteiger partial charge in [-0.05, 0) is 77.8 Å². The number of benzene rings is 2. The van der Waals surface area contributed by atoms with Gasteiger partial charge in [-0.25, -0.2) is 0 Å². The molecule has 1 saturated heterocycles. The van der Waals surface area contributed by atoms with E-state index in [0.717, 1.165) is 16.7 Å². The summed E-state index contributed by atoms with van der Waals surface area (Å²) >= 11 is 4.31. The third-order valence-electron chi connectivity index (χ3n) is 4.32. The molecule has 2 aromatic rings. The zero-order chi connectivity index (χ0) is 23.4. The highest BCUT2D eigenvalue weighted by molar-refractivity contribution is 9.10. The molecule has 0 radical (unpaired) electrons. The van der Waals surface area contributed by atoms with Crippen molar-refractivity contribution in [1.82, 2.24) is 4.90 Å². The fourth-order valence-corrected chi connectivity index (χ4v) is 4.41. The lowest BCUT2D eigenvalue weighted by Gasteiger charge is -2.17.